The number of nitrogens with zero attached hydrogens (tertiary/aromatic N) is 2. The van der Waals surface area contributed by atoms with Crippen LogP contribution in [-0.4, -0.2) is 15.7 Å². The minimum absolute atomic E-state index is 0.102. The highest BCUT2D eigenvalue weighted by atomic mass is 79.9. The van der Waals surface area contributed by atoms with Crippen LogP contribution in [0, 0.1) is 0 Å². The topological polar surface area (TPSA) is 72.9 Å². The zero-order chi connectivity index (χ0) is 14.7. The van der Waals surface area contributed by atoms with Crippen molar-refractivity contribution in [1.82, 2.24) is 15.1 Å². The minimum atomic E-state index is -0.211. The Kier molecular flexibility index (Phi) is 4.44. The van der Waals surface area contributed by atoms with Crippen LogP contribution in [0.1, 0.15) is 35.9 Å². The molecule has 0 aliphatic heterocycles. The number of aromatic nitrogens is 2. The number of carbonyl (C=O) groups excluding carboxylic acids is 1. The molecule has 1 aromatic heterocycles. The second kappa shape index (κ2) is 6.09. The van der Waals surface area contributed by atoms with E-state index in [2.05, 4.69) is 26.3 Å². The van der Waals surface area contributed by atoms with E-state index in [4.69, 9.17) is 5.73 Å². The minimum Gasteiger partial charge on any atom is -0.396 e. The number of hydrogen-bond acceptors (Lipinski definition) is 3. The van der Waals surface area contributed by atoms with Crippen molar-refractivity contribution in [2.75, 3.05) is 5.73 Å². The average Bonchev–Trinajstić information content (AvgIpc) is 2.80. The van der Waals surface area contributed by atoms with E-state index in [-0.39, 0.29) is 11.9 Å². The number of nitrogen functional groups attached to an aromatic ring is 1. The summed E-state index contributed by atoms with van der Waals surface area (Å²) in [5.74, 6) is -0.211. The van der Waals surface area contributed by atoms with Crippen molar-refractivity contribution in [3.63, 3.8) is 0 Å². The summed E-state index contributed by atoms with van der Waals surface area (Å²) in [4.78, 5) is 12.3. The fourth-order valence-electron chi connectivity index (χ4n) is 1.99. The molecule has 1 heterocycles. The molecule has 0 spiro atoms. The molecule has 2 rings (SSSR count). The van der Waals surface area contributed by atoms with Gasteiger partial charge in [0.25, 0.3) is 5.91 Å². The lowest BCUT2D eigenvalue weighted by molar-refractivity contribution is 0.0930. The van der Waals surface area contributed by atoms with Crippen LogP contribution in [0.5, 0.6) is 0 Å². The molecule has 3 N–H and O–H groups in total. The number of aryl methyl sites for hydroxylation is 1. The summed E-state index contributed by atoms with van der Waals surface area (Å²) in [6, 6.07) is 7.73. The number of benzene rings is 1. The number of carbonyl (C=O) groups is 1. The Morgan fingerprint density at radius 3 is 2.70 bits per heavy atom. The van der Waals surface area contributed by atoms with E-state index in [9.17, 15) is 4.79 Å². The Balaban J connectivity index is 2.15. The maximum atomic E-state index is 12.3. The van der Waals surface area contributed by atoms with Crippen molar-refractivity contribution < 1.29 is 4.79 Å². The van der Waals surface area contributed by atoms with Crippen LogP contribution in [0.25, 0.3) is 0 Å². The van der Waals surface area contributed by atoms with Crippen LogP contribution in [0.4, 0.5) is 5.69 Å². The highest BCUT2D eigenvalue weighted by molar-refractivity contribution is 9.10. The second-order valence-electron chi connectivity index (χ2n) is 4.51. The third-order valence-corrected chi connectivity index (χ3v) is 3.63. The molecule has 20 heavy (non-hydrogen) atoms. The summed E-state index contributed by atoms with van der Waals surface area (Å²) >= 11 is 3.39. The molecule has 0 saturated heterocycles. The second-order valence-corrected chi connectivity index (χ2v) is 5.43. The lowest BCUT2D eigenvalue weighted by atomic mass is 10.1. The molecule has 106 valence electrons. The first kappa shape index (κ1) is 14.6. The highest BCUT2D eigenvalue weighted by Gasteiger charge is 2.18. The van der Waals surface area contributed by atoms with E-state index in [1.54, 1.807) is 4.68 Å². The Hall–Kier alpha value is -1.82. The monoisotopic (exact) mass is 336 g/mol. The van der Waals surface area contributed by atoms with Crippen LogP contribution < -0.4 is 11.1 Å². The summed E-state index contributed by atoms with van der Waals surface area (Å²) in [5, 5.41) is 7.01. The molecule has 1 amide bonds. The SMILES string of the molecule is CCn1ncc(N)c1C(=O)NC(C)c1ccc(Br)cc1. The number of nitrogens with one attached hydrogen (secondary N) is 1. The Bertz CT molecular complexity index is 606. The molecule has 5 nitrogen and oxygen atoms in total. The van der Waals surface area contributed by atoms with Crippen LogP contribution in [0.3, 0.4) is 0 Å². The molecule has 1 atom stereocenters. The molecule has 0 bridgehead atoms. The number of rotatable bonds is 4. The van der Waals surface area contributed by atoms with Gasteiger partial charge < -0.3 is 11.1 Å². The number of halogens is 1. The standard InChI is InChI=1S/C14H17BrN4O/c1-3-19-13(12(16)8-17-19)14(20)18-9(2)10-4-6-11(15)7-5-10/h4-9H,3,16H2,1-2H3,(H,18,20). The molecule has 0 fully saturated rings. The summed E-state index contributed by atoms with van der Waals surface area (Å²) in [6.45, 7) is 4.46. The van der Waals surface area contributed by atoms with Gasteiger partial charge in [0.1, 0.15) is 5.69 Å². The first-order chi connectivity index (χ1) is 9.52. The maximum absolute atomic E-state index is 12.3. The average molecular weight is 337 g/mol. The quantitative estimate of drug-likeness (QED) is 0.901. The van der Waals surface area contributed by atoms with Gasteiger partial charge in [0.15, 0.2) is 0 Å². The van der Waals surface area contributed by atoms with E-state index >= 15 is 0 Å². The van der Waals surface area contributed by atoms with E-state index in [1.165, 1.54) is 6.20 Å². The zero-order valence-corrected chi connectivity index (χ0v) is 13.0. The predicted molar refractivity (Wildman–Crippen MR) is 82.3 cm³/mol. The number of amides is 1. The van der Waals surface area contributed by atoms with Crippen LogP contribution in [-0.2, 0) is 6.54 Å². The summed E-state index contributed by atoms with van der Waals surface area (Å²) in [6.07, 6.45) is 1.50. The van der Waals surface area contributed by atoms with Crippen molar-refractivity contribution in [3.05, 3.63) is 46.2 Å². The smallest absolute Gasteiger partial charge is 0.272 e. The molecular formula is C14H17BrN4O. The van der Waals surface area contributed by atoms with Gasteiger partial charge in [-0.25, -0.2) is 0 Å². The fourth-order valence-corrected chi connectivity index (χ4v) is 2.25. The lowest BCUT2D eigenvalue weighted by Gasteiger charge is -2.15. The van der Waals surface area contributed by atoms with Crippen molar-refractivity contribution in [1.29, 1.82) is 0 Å². The van der Waals surface area contributed by atoms with Crippen molar-refractivity contribution >= 4 is 27.5 Å². The van der Waals surface area contributed by atoms with Crippen LogP contribution in [0.15, 0.2) is 34.9 Å². The fraction of sp³-hybridized carbons (Fsp3) is 0.286. The van der Waals surface area contributed by atoms with Gasteiger partial charge in [0.05, 0.1) is 17.9 Å². The third kappa shape index (κ3) is 3.01. The first-order valence-electron chi connectivity index (χ1n) is 6.40. The molecule has 2 aromatic rings. The summed E-state index contributed by atoms with van der Waals surface area (Å²) in [7, 11) is 0. The molecule has 1 aromatic carbocycles. The van der Waals surface area contributed by atoms with Gasteiger partial charge in [0, 0.05) is 11.0 Å². The molecule has 6 heteroatoms. The third-order valence-electron chi connectivity index (χ3n) is 3.10. The van der Waals surface area contributed by atoms with E-state index < -0.39 is 0 Å². The van der Waals surface area contributed by atoms with Crippen molar-refractivity contribution in [3.8, 4) is 0 Å². The van der Waals surface area contributed by atoms with Crippen molar-refractivity contribution in [2.24, 2.45) is 0 Å². The lowest BCUT2D eigenvalue weighted by Crippen LogP contribution is -2.29. The number of hydrogen-bond donors (Lipinski definition) is 2. The van der Waals surface area contributed by atoms with E-state index in [0.717, 1.165) is 10.0 Å². The Morgan fingerprint density at radius 2 is 2.10 bits per heavy atom. The predicted octanol–water partition coefficient (Wildman–Crippen LogP) is 2.74. The first-order valence-corrected chi connectivity index (χ1v) is 7.19. The van der Waals surface area contributed by atoms with Gasteiger partial charge in [-0.3, -0.25) is 9.48 Å². The molecular weight excluding hydrogens is 320 g/mol. The molecule has 0 radical (unpaired) electrons. The van der Waals surface area contributed by atoms with Crippen LogP contribution >= 0.6 is 15.9 Å². The zero-order valence-electron chi connectivity index (χ0n) is 11.4. The van der Waals surface area contributed by atoms with Gasteiger partial charge in [-0.05, 0) is 31.5 Å². The molecule has 0 aliphatic rings. The van der Waals surface area contributed by atoms with Crippen molar-refractivity contribution in [2.45, 2.75) is 26.4 Å². The highest BCUT2D eigenvalue weighted by Crippen LogP contribution is 2.18. The van der Waals surface area contributed by atoms with Crippen LogP contribution in [0.2, 0.25) is 0 Å². The number of nitrogens with two attached hydrogens (primary N) is 1. The van der Waals surface area contributed by atoms with Gasteiger partial charge in [-0.1, -0.05) is 28.1 Å². The summed E-state index contributed by atoms with van der Waals surface area (Å²) in [5.41, 5.74) is 7.64. The van der Waals surface area contributed by atoms with Gasteiger partial charge >= 0.3 is 0 Å². The maximum Gasteiger partial charge on any atom is 0.272 e. The number of anilines is 1. The Labute approximate surface area is 126 Å². The molecule has 1 unspecified atom stereocenters. The molecule has 0 saturated carbocycles. The largest absolute Gasteiger partial charge is 0.396 e. The molecule has 0 aliphatic carbocycles. The van der Waals surface area contributed by atoms with E-state index in [1.807, 2.05) is 38.1 Å². The van der Waals surface area contributed by atoms with Gasteiger partial charge in [0.2, 0.25) is 0 Å². The Morgan fingerprint density at radius 1 is 1.45 bits per heavy atom. The summed E-state index contributed by atoms with van der Waals surface area (Å²) < 4.78 is 2.60. The normalized spacial score (nSPS) is 12.2. The van der Waals surface area contributed by atoms with Gasteiger partial charge in [-0.15, -0.1) is 0 Å². The van der Waals surface area contributed by atoms with Gasteiger partial charge in [-0.2, -0.15) is 5.10 Å². The van der Waals surface area contributed by atoms with E-state index in [0.29, 0.717) is 17.9 Å².